The lowest BCUT2D eigenvalue weighted by Gasteiger charge is -2.45. The molecule has 224 valence electrons. The van der Waals surface area contributed by atoms with Gasteiger partial charge in [0.15, 0.2) is 0 Å². The van der Waals surface area contributed by atoms with Gasteiger partial charge in [-0.05, 0) is 26.0 Å². The van der Waals surface area contributed by atoms with Crippen molar-refractivity contribution in [2.24, 2.45) is 0 Å². The Morgan fingerprint density at radius 2 is 1.88 bits per heavy atom. The minimum absolute atomic E-state index is 0.0500. The molecular formula is C30H44F2N8O. The summed E-state index contributed by atoms with van der Waals surface area (Å²) in [4.78, 5) is 35.6. The number of aromatic nitrogens is 3. The third kappa shape index (κ3) is 6.36. The van der Waals surface area contributed by atoms with Gasteiger partial charge in [0.1, 0.15) is 5.69 Å². The first-order chi connectivity index (χ1) is 19.5. The van der Waals surface area contributed by atoms with Crippen molar-refractivity contribution in [1.29, 1.82) is 0 Å². The van der Waals surface area contributed by atoms with Crippen LogP contribution in [-0.2, 0) is 16.1 Å². The molecule has 5 rings (SSSR count). The molecule has 0 bridgehead atoms. The zero-order valence-electron chi connectivity index (χ0n) is 25.0. The fraction of sp³-hybridized carbons (Fsp3) is 0.667. The van der Waals surface area contributed by atoms with Crippen molar-refractivity contribution in [1.82, 2.24) is 30.1 Å². The van der Waals surface area contributed by atoms with E-state index in [0.29, 0.717) is 24.7 Å². The zero-order valence-corrected chi connectivity index (χ0v) is 25.0. The number of rotatable bonds is 8. The Bertz CT molecular complexity index is 1210. The van der Waals surface area contributed by atoms with E-state index >= 15 is 0 Å². The number of nitrogens with zero attached hydrogens (tertiary/aromatic N) is 7. The van der Waals surface area contributed by atoms with E-state index in [0.717, 1.165) is 50.8 Å². The quantitative estimate of drug-likeness (QED) is 0.518. The molecule has 0 aliphatic carbocycles. The molecular weight excluding hydrogens is 526 g/mol. The maximum atomic E-state index is 14.8. The van der Waals surface area contributed by atoms with Gasteiger partial charge in [-0.1, -0.05) is 27.2 Å². The van der Waals surface area contributed by atoms with Crippen LogP contribution in [-0.4, -0.2) is 101 Å². The molecule has 3 aliphatic heterocycles. The van der Waals surface area contributed by atoms with Crippen LogP contribution < -0.4 is 15.1 Å². The zero-order chi connectivity index (χ0) is 29.4. The number of fused-ring (bicyclic) bond motifs is 1. The van der Waals surface area contributed by atoms with Crippen molar-refractivity contribution < 1.29 is 13.6 Å². The summed E-state index contributed by atoms with van der Waals surface area (Å²) in [5, 5.41) is 3.59. The summed E-state index contributed by atoms with van der Waals surface area (Å²) in [6, 6.07) is 4.01. The van der Waals surface area contributed by atoms with Gasteiger partial charge < -0.3 is 15.1 Å². The molecule has 11 heteroatoms. The van der Waals surface area contributed by atoms with Gasteiger partial charge >= 0.3 is 0 Å². The van der Waals surface area contributed by atoms with Gasteiger partial charge in [-0.2, -0.15) is 8.78 Å². The van der Waals surface area contributed by atoms with Crippen LogP contribution in [0.2, 0.25) is 0 Å². The monoisotopic (exact) mass is 570 g/mol. The number of hydrogen-bond donors (Lipinski definition) is 1. The molecule has 0 aromatic carbocycles. The minimum Gasteiger partial charge on any atom is -0.338 e. The van der Waals surface area contributed by atoms with Crippen LogP contribution in [0.4, 0.5) is 20.4 Å². The van der Waals surface area contributed by atoms with Crippen molar-refractivity contribution in [2.45, 2.75) is 76.9 Å². The summed E-state index contributed by atoms with van der Waals surface area (Å²) in [7, 11) is 0. The molecule has 2 fully saturated rings. The van der Waals surface area contributed by atoms with E-state index in [1.807, 2.05) is 19.9 Å². The average molecular weight is 571 g/mol. The van der Waals surface area contributed by atoms with Gasteiger partial charge in [0.2, 0.25) is 11.9 Å². The Hall–Kier alpha value is -2.76. The lowest BCUT2D eigenvalue weighted by atomic mass is 9.88. The number of halogens is 2. The highest BCUT2D eigenvalue weighted by Crippen LogP contribution is 2.43. The lowest BCUT2D eigenvalue weighted by Crippen LogP contribution is -2.63. The Kier molecular flexibility index (Phi) is 8.59. The molecule has 3 atom stereocenters. The third-order valence-electron chi connectivity index (χ3n) is 8.81. The van der Waals surface area contributed by atoms with Gasteiger partial charge in [0, 0.05) is 99.9 Å². The highest BCUT2D eigenvalue weighted by Gasteiger charge is 2.42. The van der Waals surface area contributed by atoms with E-state index in [1.54, 1.807) is 30.4 Å². The first-order valence-electron chi connectivity index (χ1n) is 14.9. The van der Waals surface area contributed by atoms with Crippen molar-refractivity contribution in [3.05, 3.63) is 42.0 Å². The number of pyridine rings is 1. The third-order valence-corrected chi connectivity index (χ3v) is 8.81. The number of amides is 1. The first kappa shape index (κ1) is 29.7. The Morgan fingerprint density at radius 1 is 1.12 bits per heavy atom. The van der Waals surface area contributed by atoms with Gasteiger partial charge in [0.05, 0.1) is 12.2 Å². The molecule has 1 amide bonds. The minimum atomic E-state index is -3.02. The second-order valence-corrected chi connectivity index (χ2v) is 12.6. The van der Waals surface area contributed by atoms with Crippen molar-refractivity contribution in [2.75, 3.05) is 62.2 Å². The SMILES string of the molecule is CCCC(F)(F)c1cc2c(cn1)C(C)(C)CN2C(=O)CN1C[C@@H](C)NC[C@@H]1CN1CCN(c2ncccn2)C[C@H]1C. The van der Waals surface area contributed by atoms with Crippen molar-refractivity contribution >= 4 is 17.5 Å². The second kappa shape index (κ2) is 11.9. The smallest absolute Gasteiger partial charge is 0.289 e. The summed E-state index contributed by atoms with van der Waals surface area (Å²) in [6.45, 7) is 15.9. The van der Waals surface area contributed by atoms with E-state index in [4.69, 9.17) is 0 Å². The highest BCUT2D eigenvalue weighted by atomic mass is 19.3. The van der Waals surface area contributed by atoms with E-state index in [9.17, 15) is 13.6 Å². The molecule has 0 saturated carbocycles. The Labute approximate surface area is 242 Å². The number of nitrogens with one attached hydrogen (secondary N) is 1. The molecule has 41 heavy (non-hydrogen) atoms. The number of alkyl halides is 2. The topological polar surface area (TPSA) is 80.7 Å². The first-order valence-corrected chi connectivity index (χ1v) is 14.9. The van der Waals surface area contributed by atoms with Crippen LogP contribution in [0.1, 0.15) is 58.7 Å². The van der Waals surface area contributed by atoms with Crippen LogP contribution in [0.15, 0.2) is 30.7 Å². The fourth-order valence-corrected chi connectivity index (χ4v) is 6.46. The summed E-state index contributed by atoms with van der Waals surface area (Å²) in [5.74, 6) is -2.30. The highest BCUT2D eigenvalue weighted by molar-refractivity contribution is 5.97. The van der Waals surface area contributed by atoms with E-state index < -0.39 is 5.92 Å². The number of carbonyl (C=O) groups is 1. The molecule has 1 N–H and O–H groups in total. The van der Waals surface area contributed by atoms with Crippen LogP contribution in [0.25, 0.3) is 0 Å². The Balaban J connectivity index is 1.29. The maximum Gasteiger partial charge on any atom is 0.289 e. The maximum absolute atomic E-state index is 14.8. The molecule has 0 radical (unpaired) electrons. The number of anilines is 2. The molecule has 5 heterocycles. The molecule has 0 spiro atoms. The van der Waals surface area contributed by atoms with Gasteiger partial charge in [-0.3, -0.25) is 19.6 Å². The van der Waals surface area contributed by atoms with E-state index in [-0.39, 0.29) is 42.1 Å². The molecule has 2 aromatic rings. The molecule has 2 aromatic heterocycles. The largest absolute Gasteiger partial charge is 0.338 e. The van der Waals surface area contributed by atoms with Crippen LogP contribution in [0, 0.1) is 0 Å². The fourth-order valence-electron chi connectivity index (χ4n) is 6.46. The average Bonchev–Trinajstić information content (AvgIpc) is 3.21. The predicted molar refractivity (Wildman–Crippen MR) is 157 cm³/mol. The lowest BCUT2D eigenvalue weighted by molar-refractivity contribution is -0.120. The van der Waals surface area contributed by atoms with Gasteiger partial charge in [-0.25, -0.2) is 9.97 Å². The summed E-state index contributed by atoms with van der Waals surface area (Å²) < 4.78 is 29.6. The van der Waals surface area contributed by atoms with Gasteiger partial charge in [0.25, 0.3) is 5.92 Å². The van der Waals surface area contributed by atoms with E-state index in [1.165, 1.54) is 6.07 Å². The van der Waals surface area contributed by atoms with Crippen molar-refractivity contribution in [3.8, 4) is 0 Å². The molecule has 3 aliphatic rings. The second-order valence-electron chi connectivity index (χ2n) is 12.6. The normalized spacial score (nSPS) is 25.4. The Morgan fingerprint density at radius 3 is 2.59 bits per heavy atom. The molecule has 2 saturated heterocycles. The summed E-state index contributed by atoms with van der Waals surface area (Å²) in [5.41, 5.74) is 0.815. The van der Waals surface area contributed by atoms with Crippen LogP contribution >= 0.6 is 0 Å². The number of hydrogen-bond acceptors (Lipinski definition) is 8. The van der Waals surface area contributed by atoms with Gasteiger partial charge in [-0.15, -0.1) is 0 Å². The number of piperazine rings is 2. The standard InChI is InChI=1S/C30H44F2N8O/c1-6-8-30(31,32)26-13-25-24(15-36-26)29(4,5)20-40(25)27(41)19-39-16-21(2)35-14-23(39)18-37-11-12-38(17-22(37)3)28-33-9-7-10-34-28/h7,9-10,13,15,21-23,35H,6,8,11-12,14,16-20H2,1-5H3/t21-,22-,23-/m1/s1. The summed E-state index contributed by atoms with van der Waals surface area (Å²) >= 11 is 0. The number of carbonyl (C=O) groups excluding carboxylic acids is 1. The van der Waals surface area contributed by atoms with Crippen molar-refractivity contribution in [3.63, 3.8) is 0 Å². The van der Waals surface area contributed by atoms with Crippen LogP contribution in [0.3, 0.4) is 0 Å². The molecule has 0 unspecified atom stereocenters. The van der Waals surface area contributed by atoms with E-state index in [2.05, 4.69) is 48.8 Å². The molecule has 9 nitrogen and oxygen atoms in total. The summed E-state index contributed by atoms with van der Waals surface area (Å²) in [6.07, 6.45) is 5.20. The predicted octanol–water partition coefficient (Wildman–Crippen LogP) is 3.26. The van der Waals surface area contributed by atoms with Crippen LogP contribution in [0.5, 0.6) is 0 Å².